The molecule has 2 aromatic rings. The number of esters is 1. The van der Waals surface area contributed by atoms with Gasteiger partial charge in [-0.3, -0.25) is 0 Å². The Bertz CT molecular complexity index is 934. The zero-order valence-electron chi connectivity index (χ0n) is 18.9. The molecule has 1 fully saturated rings. The highest BCUT2D eigenvalue weighted by atomic mass is 19.1. The van der Waals surface area contributed by atoms with E-state index in [1.165, 1.54) is 51.0 Å². The lowest BCUT2D eigenvalue weighted by atomic mass is 9.73. The number of carbonyl (C=O) groups is 1. The number of hydrogen-bond acceptors (Lipinski definition) is 3. The zero-order chi connectivity index (χ0) is 23.1. The van der Waals surface area contributed by atoms with Crippen LogP contribution in [-0.2, 0) is 6.42 Å². The number of rotatable bonds is 8. The van der Waals surface area contributed by atoms with Gasteiger partial charge in [0.05, 0.1) is 5.56 Å². The molecular weight excluding hydrogens is 408 g/mol. The number of unbranched alkanes of at least 4 members (excludes halogenated alkanes) is 1. The summed E-state index contributed by atoms with van der Waals surface area (Å²) >= 11 is 0. The monoisotopic (exact) mass is 439 g/mol. The Balaban J connectivity index is 1.54. The van der Waals surface area contributed by atoms with E-state index >= 15 is 0 Å². The van der Waals surface area contributed by atoms with Crippen LogP contribution in [-0.4, -0.2) is 5.97 Å². The molecule has 1 saturated carbocycles. The minimum Gasteiger partial charge on any atom is -0.423 e. The quantitative estimate of drug-likeness (QED) is 0.322. The molecule has 3 nitrogen and oxygen atoms in total. The molecule has 170 valence electrons. The van der Waals surface area contributed by atoms with Gasteiger partial charge in [-0.05, 0) is 54.7 Å². The van der Waals surface area contributed by atoms with Crippen molar-refractivity contribution >= 4 is 5.97 Å². The molecule has 32 heavy (non-hydrogen) atoms. The fourth-order valence-electron chi connectivity index (χ4n) is 4.74. The Kier molecular flexibility index (Phi) is 8.39. The highest BCUT2D eigenvalue weighted by Gasteiger charge is 2.25. The topological polar surface area (TPSA) is 50.1 Å². The first-order chi connectivity index (χ1) is 15.4. The number of carbonyl (C=O) groups excluding carboxylic acids is 1. The van der Waals surface area contributed by atoms with Crippen LogP contribution in [0, 0.1) is 40.7 Å². The molecule has 0 amide bonds. The Morgan fingerprint density at radius 2 is 1.75 bits per heavy atom. The highest BCUT2D eigenvalue weighted by molar-refractivity contribution is 5.91. The van der Waals surface area contributed by atoms with Crippen molar-refractivity contribution in [3.8, 4) is 11.8 Å². The first-order valence-electron chi connectivity index (χ1n) is 11.6. The molecule has 0 N–H and O–H groups in total. The summed E-state index contributed by atoms with van der Waals surface area (Å²) in [5.41, 5.74) is 0.776. The van der Waals surface area contributed by atoms with Gasteiger partial charge in [-0.1, -0.05) is 58.1 Å². The first kappa shape index (κ1) is 23.9. The Morgan fingerprint density at radius 3 is 2.31 bits per heavy atom. The maximum atomic E-state index is 13.7. The first-order valence-corrected chi connectivity index (χ1v) is 11.6. The summed E-state index contributed by atoms with van der Waals surface area (Å²) in [6.45, 7) is 4.57. The molecule has 0 saturated heterocycles. The van der Waals surface area contributed by atoms with Crippen LogP contribution in [0.5, 0.6) is 5.75 Å². The second-order valence-electron chi connectivity index (χ2n) is 9.06. The summed E-state index contributed by atoms with van der Waals surface area (Å²) in [4.78, 5) is 12.3. The van der Waals surface area contributed by atoms with Gasteiger partial charge in [-0.2, -0.15) is 5.26 Å². The molecule has 3 rings (SSSR count). The summed E-state index contributed by atoms with van der Waals surface area (Å²) in [5, 5.41) is 8.73. The summed E-state index contributed by atoms with van der Waals surface area (Å²) in [6, 6.07) is 10.3. The van der Waals surface area contributed by atoms with E-state index in [9.17, 15) is 13.6 Å². The zero-order valence-corrected chi connectivity index (χ0v) is 18.9. The lowest BCUT2D eigenvalue weighted by molar-refractivity contribution is 0.0734. The van der Waals surface area contributed by atoms with Crippen LogP contribution in [0.25, 0.3) is 0 Å². The van der Waals surface area contributed by atoms with Crippen LogP contribution in [0.1, 0.15) is 80.3 Å². The average Bonchev–Trinajstić information content (AvgIpc) is 2.78. The molecule has 1 unspecified atom stereocenters. The Labute approximate surface area is 189 Å². The van der Waals surface area contributed by atoms with E-state index in [4.69, 9.17) is 10.00 Å². The van der Waals surface area contributed by atoms with Gasteiger partial charge in [0.15, 0.2) is 0 Å². The van der Waals surface area contributed by atoms with Crippen molar-refractivity contribution in [1.29, 1.82) is 5.26 Å². The van der Waals surface area contributed by atoms with Crippen LogP contribution in [0.2, 0.25) is 0 Å². The van der Waals surface area contributed by atoms with Crippen molar-refractivity contribution < 1.29 is 18.3 Å². The van der Waals surface area contributed by atoms with Gasteiger partial charge in [0.2, 0.25) is 0 Å². The van der Waals surface area contributed by atoms with E-state index in [0.717, 1.165) is 36.0 Å². The van der Waals surface area contributed by atoms with Gasteiger partial charge in [-0.25, -0.2) is 13.6 Å². The van der Waals surface area contributed by atoms with E-state index < -0.39 is 23.2 Å². The number of halogens is 2. The Hall–Kier alpha value is -2.74. The molecule has 0 aromatic heterocycles. The summed E-state index contributed by atoms with van der Waals surface area (Å²) in [5.74, 6) is -0.835. The van der Waals surface area contributed by atoms with Crippen molar-refractivity contribution in [3.63, 3.8) is 0 Å². The molecule has 0 aliphatic heterocycles. The largest absolute Gasteiger partial charge is 0.423 e. The minimum atomic E-state index is -1.06. The third-order valence-electron chi connectivity index (χ3n) is 6.75. The second kappa shape index (κ2) is 11.2. The number of ether oxygens (including phenoxy) is 1. The van der Waals surface area contributed by atoms with Crippen molar-refractivity contribution in [2.24, 2.45) is 17.8 Å². The predicted molar refractivity (Wildman–Crippen MR) is 120 cm³/mol. The molecule has 5 heteroatoms. The predicted octanol–water partition coefficient (Wildman–Crippen LogP) is 7.23. The molecule has 0 radical (unpaired) electrons. The Morgan fingerprint density at radius 1 is 1.12 bits per heavy atom. The summed E-state index contributed by atoms with van der Waals surface area (Å²) < 4.78 is 32.5. The van der Waals surface area contributed by atoms with Gasteiger partial charge in [0.1, 0.15) is 29.0 Å². The third-order valence-corrected chi connectivity index (χ3v) is 6.75. The average molecular weight is 440 g/mol. The van der Waals surface area contributed by atoms with E-state index in [2.05, 4.69) is 13.8 Å². The molecule has 0 spiro atoms. The lowest BCUT2D eigenvalue weighted by Crippen LogP contribution is -2.21. The van der Waals surface area contributed by atoms with Crippen LogP contribution in [0.3, 0.4) is 0 Å². The molecular formula is C27H31F2NO2. The maximum absolute atomic E-state index is 13.7. The molecule has 1 aliphatic rings. The third kappa shape index (κ3) is 6.16. The minimum absolute atomic E-state index is 0.267. The van der Waals surface area contributed by atoms with Crippen LogP contribution in [0.15, 0.2) is 36.4 Å². The molecule has 2 aromatic carbocycles. The summed E-state index contributed by atoms with van der Waals surface area (Å²) in [7, 11) is 0. The highest BCUT2D eigenvalue weighted by Crippen LogP contribution is 2.36. The molecule has 1 aliphatic carbocycles. The van der Waals surface area contributed by atoms with E-state index in [1.54, 1.807) is 12.1 Å². The van der Waals surface area contributed by atoms with Crippen molar-refractivity contribution in [2.75, 3.05) is 0 Å². The van der Waals surface area contributed by atoms with E-state index in [-0.39, 0.29) is 5.75 Å². The standard InChI is InChI=1S/C27H31F2NO2/c1-3-4-5-19-6-10-21(11-7-19)18(2)14-20-8-12-22(13-9-20)27(31)32-23-15-25(28)24(17-30)26(29)16-23/h8-9,12-13,15-16,18-19,21H,3-7,10-11,14H2,1-2H3. The number of nitriles is 1. The molecule has 1 atom stereocenters. The normalized spacial score (nSPS) is 19.2. The smallest absolute Gasteiger partial charge is 0.343 e. The van der Waals surface area contributed by atoms with E-state index in [1.807, 2.05) is 12.1 Å². The van der Waals surface area contributed by atoms with Gasteiger partial charge in [0.25, 0.3) is 0 Å². The van der Waals surface area contributed by atoms with Crippen molar-refractivity contribution in [3.05, 3.63) is 64.7 Å². The number of nitrogens with zero attached hydrogens (tertiary/aromatic N) is 1. The fourth-order valence-corrected chi connectivity index (χ4v) is 4.74. The van der Waals surface area contributed by atoms with Gasteiger partial charge in [0, 0.05) is 12.1 Å². The van der Waals surface area contributed by atoms with Gasteiger partial charge >= 0.3 is 5.97 Å². The number of hydrogen-bond donors (Lipinski definition) is 0. The van der Waals surface area contributed by atoms with Crippen molar-refractivity contribution in [1.82, 2.24) is 0 Å². The van der Waals surface area contributed by atoms with Gasteiger partial charge in [-0.15, -0.1) is 0 Å². The second-order valence-corrected chi connectivity index (χ2v) is 9.06. The maximum Gasteiger partial charge on any atom is 0.343 e. The molecule has 0 bridgehead atoms. The van der Waals surface area contributed by atoms with Crippen molar-refractivity contribution in [2.45, 2.75) is 65.2 Å². The van der Waals surface area contributed by atoms with Crippen LogP contribution in [0.4, 0.5) is 8.78 Å². The van der Waals surface area contributed by atoms with Crippen LogP contribution >= 0.6 is 0 Å². The van der Waals surface area contributed by atoms with Crippen LogP contribution < -0.4 is 4.74 Å². The van der Waals surface area contributed by atoms with E-state index in [0.29, 0.717) is 11.5 Å². The molecule has 0 heterocycles. The lowest BCUT2D eigenvalue weighted by Gasteiger charge is -2.32. The number of benzene rings is 2. The SMILES string of the molecule is CCCCC1CCC(C(C)Cc2ccc(C(=O)Oc3cc(F)c(C#N)c(F)c3)cc2)CC1. The van der Waals surface area contributed by atoms with Gasteiger partial charge < -0.3 is 4.74 Å². The summed E-state index contributed by atoms with van der Waals surface area (Å²) in [6.07, 6.45) is 10.3. The fraction of sp³-hybridized carbons (Fsp3) is 0.481.